The van der Waals surface area contributed by atoms with Gasteiger partial charge in [-0.2, -0.15) is 0 Å². The second kappa shape index (κ2) is 8.90. The van der Waals surface area contributed by atoms with Crippen molar-refractivity contribution in [1.82, 2.24) is 9.55 Å². The number of nitrogens with zero attached hydrogens (tertiary/aromatic N) is 1. The monoisotopic (exact) mass is 524 g/mol. The van der Waals surface area contributed by atoms with Crippen molar-refractivity contribution in [3.8, 4) is 5.69 Å². The molecule has 0 radical (unpaired) electrons. The van der Waals surface area contributed by atoms with Crippen LogP contribution < -0.4 is 11.2 Å². The molecule has 0 spiro atoms. The Hall–Kier alpha value is -3.15. The zero-order valence-electron chi connectivity index (χ0n) is 17.4. The summed E-state index contributed by atoms with van der Waals surface area (Å²) in [7, 11) is -3.96. The van der Waals surface area contributed by atoms with E-state index < -0.39 is 56.4 Å². The van der Waals surface area contributed by atoms with E-state index in [1.54, 1.807) is 19.1 Å². The van der Waals surface area contributed by atoms with Crippen molar-refractivity contribution in [3.63, 3.8) is 0 Å². The first-order valence-corrected chi connectivity index (χ1v) is 12.5. The minimum absolute atomic E-state index is 0.0575. The number of sulfone groups is 1. The third-order valence-electron chi connectivity index (χ3n) is 4.96. The number of H-pyrrole nitrogens is 1. The summed E-state index contributed by atoms with van der Waals surface area (Å²) in [6, 6.07) is 8.83. The van der Waals surface area contributed by atoms with E-state index in [1.807, 2.05) is 0 Å². The lowest BCUT2D eigenvalue weighted by Gasteiger charge is -2.11. The number of aryl methyl sites for hydroxylation is 1. The van der Waals surface area contributed by atoms with Gasteiger partial charge in [0.25, 0.3) is 5.56 Å². The number of benzene rings is 2. The highest BCUT2D eigenvalue weighted by Gasteiger charge is 2.23. The first-order valence-electron chi connectivity index (χ1n) is 9.70. The molecule has 4 aromatic rings. The molecular weight excluding hydrogens is 510 g/mol. The summed E-state index contributed by atoms with van der Waals surface area (Å²) < 4.78 is 54.9. The molecule has 0 saturated heterocycles. The normalized spacial score (nSPS) is 11.8. The quantitative estimate of drug-likeness (QED) is 0.415. The predicted octanol–water partition coefficient (Wildman–Crippen LogP) is 3.57. The van der Waals surface area contributed by atoms with Gasteiger partial charge < -0.3 is 4.98 Å². The number of carbonyl (C=O) groups is 1. The van der Waals surface area contributed by atoms with Crippen LogP contribution in [0.3, 0.4) is 0 Å². The number of hydrogen-bond donors (Lipinski definition) is 1. The highest BCUT2D eigenvalue weighted by atomic mass is 35.5. The molecule has 0 fully saturated rings. The summed E-state index contributed by atoms with van der Waals surface area (Å²) in [6.07, 6.45) is -0.575. The number of fused-ring (bicyclic) bond motifs is 1. The van der Waals surface area contributed by atoms with Crippen LogP contribution >= 0.6 is 22.9 Å². The highest BCUT2D eigenvalue weighted by molar-refractivity contribution is 7.94. The lowest BCUT2D eigenvalue weighted by atomic mass is 10.1. The van der Waals surface area contributed by atoms with E-state index in [0.29, 0.717) is 4.57 Å². The van der Waals surface area contributed by atoms with E-state index in [2.05, 4.69) is 4.98 Å². The van der Waals surface area contributed by atoms with Gasteiger partial charge in [0.1, 0.15) is 15.6 Å². The van der Waals surface area contributed by atoms with Crippen molar-refractivity contribution in [1.29, 1.82) is 0 Å². The van der Waals surface area contributed by atoms with Gasteiger partial charge in [-0.05, 0) is 54.4 Å². The van der Waals surface area contributed by atoms with Crippen molar-refractivity contribution < 1.29 is 22.0 Å². The summed E-state index contributed by atoms with van der Waals surface area (Å²) >= 11 is 6.52. The molecule has 12 heteroatoms. The molecule has 2 aromatic carbocycles. The van der Waals surface area contributed by atoms with Gasteiger partial charge in [0.05, 0.1) is 15.2 Å². The van der Waals surface area contributed by atoms with Crippen molar-refractivity contribution in [2.45, 2.75) is 17.6 Å². The van der Waals surface area contributed by atoms with Crippen LogP contribution in [0.2, 0.25) is 4.34 Å². The third kappa shape index (κ3) is 4.59. The van der Waals surface area contributed by atoms with Crippen LogP contribution in [0, 0.1) is 18.6 Å². The Morgan fingerprint density at radius 1 is 1.09 bits per heavy atom. The van der Waals surface area contributed by atoms with E-state index in [1.165, 1.54) is 18.2 Å². The smallest absolute Gasteiger partial charge is 0.306 e. The van der Waals surface area contributed by atoms with Crippen LogP contribution in [-0.4, -0.2) is 29.5 Å². The van der Waals surface area contributed by atoms with Crippen LogP contribution in [0.4, 0.5) is 8.78 Å². The Labute approximate surface area is 200 Å². The number of aromatic nitrogens is 2. The Kier molecular flexibility index (Phi) is 6.28. The summed E-state index contributed by atoms with van der Waals surface area (Å²) in [5, 5.41) is 0.0575. The molecule has 7 nitrogen and oxygen atoms in total. The SMILES string of the molecule is Cc1ccc2c(=O)n(-c3c(F)cc(CC(=O)CS(=O)(=O)c4ccc(Cl)s4)cc3F)c(=O)[nH]c2c1. The number of carbonyl (C=O) groups excluding carboxylic acids is 1. The van der Waals surface area contributed by atoms with Gasteiger partial charge in [-0.15, -0.1) is 11.3 Å². The maximum absolute atomic E-state index is 14.9. The minimum Gasteiger partial charge on any atom is -0.306 e. The third-order valence-corrected chi connectivity index (χ3v) is 8.45. The standard InChI is InChI=1S/C22H15ClF2N2O5S2/c1-11-2-3-14-17(6-11)26-22(30)27(21(14)29)20-15(24)8-12(9-16(20)25)7-13(28)10-34(31,32)19-5-4-18(23)33-19/h2-6,8-9H,7,10H2,1H3,(H,26,30). The fourth-order valence-electron chi connectivity index (χ4n) is 3.50. The number of hydrogen-bond acceptors (Lipinski definition) is 6. The number of aromatic amines is 1. The number of halogens is 3. The molecule has 176 valence electrons. The molecular formula is C22H15ClF2N2O5S2. The van der Waals surface area contributed by atoms with E-state index in [-0.39, 0.29) is 25.0 Å². The Morgan fingerprint density at radius 2 is 1.76 bits per heavy atom. The average molecular weight is 525 g/mol. The van der Waals surface area contributed by atoms with Gasteiger partial charge in [0.15, 0.2) is 27.3 Å². The van der Waals surface area contributed by atoms with Crippen LogP contribution in [0.15, 0.2) is 56.3 Å². The maximum Gasteiger partial charge on any atom is 0.333 e. The number of Topliss-reactive ketones (excluding diaryl/α,β-unsaturated/α-hetero) is 1. The second-order valence-corrected chi connectivity index (χ2v) is 11.5. The number of ketones is 1. The molecule has 0 bridgehead atoms. The molecule has 4 rings (SSSR count). The van der Waals surface area contributed by atoms with Gasteiger partial charge in [-0.3, -0.25) is 9.59 Å². The van der Waals surface area contributed by atoms with Crippen LogP contribution in [0.25, 0.3) is 16.6 Å². The molecule has 0 unspecified atom stereocenters. The Morgan fingerprint density at radius 3 is 2.38 bits per heavy atom. The van der Waals surface area contributed by atoms with Crippen LogP contribution in [0.1, 0.15) is 11.1 Å². The van der Waals surface area contributed by atoms with E-state index in [0.717, 1.165) is 29.0 Å². The topological polar surface area (TPSA) is 106 Å². The predicted molar refractivity (Wildman–Crippen MR) is 125 cm³/mol. The van der Waals surface area contributed by atoms with Crippen molar-refractivity contribution in [2.24, 2.45) is 0 Å². The molecule has 1 N–H and O–H groups in total. The van der Waals surface area contributed by atoms with Crippen molar-refractivity contribution in [3.05, 3.63) is 90.4 Å². The van der Waals surface area contributed by atoms with Gasteiger partial charge in [0, 0.05) is 6.42 Å². The Bertz CT molecular complexity index is 1670. The summed E-state index contributed by atoms with van der Waals surface area (Å²) in [4.78, 5) is 40.0. The van der Waals surface area contributed by atoms with E-state index >= 15 is 0 Å². The van der Waals surface area contributed by atoms with Crippen LogP contribution in [-0.2, 0) is 21.1 Å². The second-order valence-electron chi connectivity index (χ2n) is 7.56. The number of nitrogens with one attached hydrogen (secondary N) is 1. The molecule has 0 aliphatic rings. The molecule has 2 aromatic heterocycles. The molecule has 0 aliphatic carbocycles. The van der Waals surface area contributed by atoms with Gasteiger partial charge in [0.2, 0.25) is 0 Å². The zero-order valence-corrected chi connectivity index (χ0v) is 19.8. The average Bonchev–Trinajstić information content (AvgIpc) is 3.16. The fourth-order valence-corrected chi connectivity index (χ4v) is 6.31. The summed E-state index contributed by atoms with van der Waals surface area (Å²) in [5.74, 6) is -4.19. The van der Waals surface area contributed by atoms with Crippen molar-refractivity contribution in [2.75, 3.05) is 5.75 Å². The molecule has 0 saturated carbocycles. The largest absolute Gasteiger partial charge is 0.333 e. The lowest BCUT2D eigenvalue weighted by molar-refractivity contribution is -0.116. The van der Waals surface area contributed by atoms with Crippen molar-refractivity contribution >= 4 is 49.5 Å². The molecule has 0 amide bonds. The summed E-state index contributed by atoms with van der Waals surface area (Å²) in [5.41, 5.74) is -2.00. The molecule has 0 atom stereocenters. The van der Waals surface area contributed by atoms with Crippen LogP contribution in [0.5, 0.6) is 0 Å². The number of rotatable bonds is 6. The highest BCUT2D eigenvalue weighted by Crippen LogP contribution is 2.27. The maximum atomic E-state index is 14.9. The fraction of sp³-hybridized carbons (Fsp3) is 0.136. The lowest BCUT2D eigenvalue weighted by Crippen LogP contribution is -2.35. The molecule has 34 heavy (non-hydrogen) atoms. The van der Waals surface area contributed by atoms with Gasteiger partial charge >= 0.3 is 5.69 Å². The Balaban J connectivity index is 1.67. The van der Waals surface area contributed by atoms with E-state index in [9.17, 15) is 31.6 Å². The first-order chi connectivity index (χ1) is 16.0. The first kappa shape index (κ1) is 24.0. The molecule has 0 aliphatic heterocycles. The molecule has 2 heterocycles. The minimum atomic E-state index is -3.96. The zero-order chi connectivity index (χ0) is 24.8. The van der Waals surface area contributed by atoms with Gasteiger partial charge in [-0.1, -0.05) is 17.7 Å². The van der Waals surface area contributed by atoms with Gasteiger partial charge in [-0.25, -0.2) is 26.6 Å². The van der Waals surface area contributed by atoms with E-state index in [4.69, 9.17) is 11.6 Å². The number of thiophene rings is 1. The summed E-state index contributed by atoms with van der Waals surface area (Å²) in [6.45, 7) is 1.75.